The lowest BCUT2D eigenvalue weighted by Gasteiger charge is -2.05. The van der Waals surface area contributed by atoms with Gasteiger partial charge in [0.05, 0.1) is 5.56 Å². The van der Waals surface area contributed by atoms with E-state index in [0.717, 1.165) is 16.6 Å². The standard InChI is InChI=1S/C14H10N2O2/c17-14(18)12-4-2-1-3-11(12)10-7-9-5-6-15-13(9)16-8-10/h1-8H,(H,15,16)(H,17,18). The van der Waals surface area contributed by atoms with E-state index < -0.39 is 5.97 Å². The predicted octanol–water partition coefficient (Wildman–Crippen LogP) is 2.93. The summed E-state index contributed by atoms with van der Waals surface area (Å²) in [5, 5.41) is 10.1. The van der Waals surface area contributed by atoms with Crippen LogP contribution < -0.4 is 0 Å². The Morgan fingerprint density at radius 1 is 1.22 bits per heavy atom. The molecule has 1 aromatic carbocycles. The summed E-state index contributed by atoms with van der Waals surface area (Å²) in [7, 11) is 0. The number of hydrogen-bond donors (Lipinski definition) is 2. The topological polar surface area (TPSA) is 66.0 Å². The summed E-state index contributed by atoms with van der Waals surface area (Å²) in [5.74, 6) is -0.931. The van der Waals surface area contributed by atoms with Crippen LogP contribution in [0.3, 0.4) is 0 Å². The Labute approximate surface area is 103 Å². The van der Waals surface area contributed by atoms with Gasteiger partial charge >= 0.3 is 5.97 Å². The van der Waals surface area contributed by atoms with Crippen molar-refractivity contribution >= 4 is 17.0 Å². The van der Waals surface area contributed by atoms with Crippen LogP contribution in [0.1, 0.15) is 10.4 Å². The smallest absolute Gasteiger partial charge is 0.336 e. The van der Waals surface area contributed by atoms with E-state index in [1.54, 1.807) is 24.4 Å². The van der Waals surface area contributed by atoms with Crippen molar-refractivity contribution in [3.63, 3.8) is 0 Å². The maximum Gasteiger partial charge on any atom is 0.336 e. The number of aromatic carboxylic acids is 1. The molecule has 3 aromatic rings. The highest BCUT2D eigenvalue weighted by molar-refractivity contribution is 5.96. The molecular weight excluding hydrogens is 228 g/mol. The van der Waals surface area contributed by atoms with Gasteiger partial charge in [-0.3, -0.25) is 0 Å². The minimum atomic E-state index is -0.931. The molecule has 0 aliphatic rings. The molecule has 0 saturated carbocycles. The average molecular weight is 238 g/mol. The summed E-state index contributed by atoms with van der Waals surface area (Å²) in [6, 6.07) is 10.8. The molecule has 0 atom stereocenters. The number of carboxylic acids is 1. The molecule has 0 radical (unpaired) electrons. The lowest BCUT2D eigenvalue weighted by molar-refractivity contribution is 0.0697. The highest BCUT2D eigenvalue weighted by Crippen LogP contribution is 2.25. The van der Waals surface area contributed by atoms with Gasteiger partial charge in [0.1, 0.15) is 5.65 Å². The van der Waals surface area contributed by atoms with E-state index >= 15 is 0 Å². The number of carbonyl (C=O) groups is 1. The Hall–Kier alpha value is -2.62. The Kier molecular flexibility index (Phi) is 2.34. The van der Waals surface area contributed by atoms with E-state index in [1.807, 2.05) is 24.4 Å². The summed E-state index contributed by atoms with van der Waals surface area (Å²) >= 11 is 0. The second-order valence-corrected chi connectivity index (χ2v) is 3.99. The van der Waals surface area contributed by atoms with E-state index in [9.17, 15) is 9.90 Å². The molecule has 3 rings (SSSR count). The molecule has 4 nitrogen and oxygen atoms in total. The highest BCUT2D eigenvalue weighted by atomic mass is 16.4. The normalized spacial score (nSPS) is 10.7. The second kappa shape index (κ2) is 4.00. The molecule has 2 N–H and O–H groups in total. The summed E-state index contributed by atoms with van der Waals surface area (Å²) in [6.45, 7) is 0. The number of aromatic amines is 1. The van der Waals surface area contributed by atoms with Gasteiger partial charge in [-0.1, -0.05) is 18.2 Å². The molecule has 2 aromatic heterocycles. The summed E-state index contributed by atoms with van der Waals surface area (Å²) < 4.78 is 0. The van der Waals surface area contributed by atoms with Crippen LogP contribution in [-0.4, -0.2) is 21.0 Å². The van der Waals surface area contributed by atoms with Crippen molar-refractivity contribution in [3.8, 4) is 11.1 Å². The number of fused-ring (bicyclic) bond motifs is 1. The van der Waals surface area contributed by atoms with Crippen LogP contribution in [0.25, 0.3) is 22.2 Å². The van der Waals surface area contributed by atoms with Gasteiger partial charge in [0, 0.05) is 23.3 Å². The molecular formula is C14H10N2O2. The summed E-state index contributed by atoms with van der Waals surface area (Å²) in [4.78, 5) is 18.5. The van der Waals surface area contributed by atoms with Gasteiger partial charge in [0.2, 0.25) is 0 Å². The quantitative estimate of drug-likeness (QED) is 0.721. The minimum absolute atomic E-state index is 0.286. The number of nitrogens with one attached hydrogen (secondary N) is 1. The van der Waals surface area contributed by atoms with Crippen molar-refractivity contribution in [2.75, 3.05) is 0 Å². The molecule has 0 aliphatic heterocycles. The molecule has 0 amide bonds. The lowest BCUT2D eigenvalue weighted by Crippen LogP contribution is -1.99. The van der Waals surface area contributed by atoms with E-state index in [2.05, 4.69) is 9.97 Å². The van der Waals surface area contributed by atoms with Crippen molar-refractivity contribution in [1.29, 1.82) is 0 Å². The second-order valence-electron chi connectivity index (χ2n) is 3.99. The first-order chi connectivity index (χ1) is 8.75. The summed E-state index contributed by atoms with van der Waals surface area (Å²) in [6.07, 6.45) is 3.49. The van der Waals surface area contributed by atoms with E-state index in [-0.39, 0.29) is 5.56 Å². The SMILES string of the molecule is O=C(O)c1ccccc1-c1cnc2[nH]ccc2c1. The molecule has 0 fully saturated rings. The van der Waals surface area contributed by atoms with Crippen molar-refractivity contribution in [3.05, 3.63) is 54.4 Å². The van der Waals surface area contributed by atoms with Crippen molar-refractivity contribution in [2.24, 2.45) is 0 Å². The zero-order chi connectivity index (χ0) is 12.5. The van der Waals surface area contributed by atoms with E-state index in [4.69, 9.17) is 0 Å². The molecule has 0 unspecified atom stereocenters. The molecule has 0 spiro atoms. The van der Waals surface area contributed by atoms with Gasteiger partial charge in [-0.15, -0.1) is 0 Å². The molecule has 4 heteroatoms. The Morgan fingerprint density at radius 2 is 2.06 bits per heavy atom. The molecule has 0 bridgehead atoms. The zero-order valence-electron chi connectivity index (χ0n) is 9.42. The number of pyridine rings is 1. The number of benzene rings is 1. The number of carboxylic acid groups (broad SMARTS) is 1. The Morgan fingerprint density at radius 3 is 2.89 bits per heavy atom. The fraction of sp³-hybridized carbons (Fsp3) is 0. The lowest BCUT2D eigenvalue weighted by atomic mass is 10.0. The third kappa shape index (κ3) is 1.64. The summed E-state index contributed by atoms with van der Waals surface area (Å²) in [5.41, 5.74) is 2.57. The van der Waals surface area contributed by atoms with Crippen LogP contribution in [0.2, 0.25) is 0 Å². The number of hydrogen-bond acceptors (Lipinski definition) is 2. The van der Waals surface area contributed by atoms with Gasteiger partial charge in [-0.05, 0) is 23.8 Å². The molecule has 18 heavy (non-hydrogen) atoms. The van der Waals surface area contributed by atoms with Crippen molar-refractivity contribution in [1.82, 2.24) is 9.97 Å². The van der Waals surface area contributed by atoms with Crippen LogP contribution >= 0.6 is 0 Å². The van der Waals surface area contributed by atoms with Crippen LogP contribution in [-0.2, 0) is 0 Å². The maximum absolute atomic E-state index is 11.2. The highest BCUT2D eigenvalue weighted by Gasteiger charge is 2.11. The third-order valence-corrected chi connectivity index (χ3v) is 2.87. The Balaban J connectivity index is 2.22. The van der Waals surface area contributed by atoms with E-state index in [0.29, 0.717) is 5.56 Å². The number of rotatable bonds is 2. The maximum atomic E-state index is 11.2. The van der Waals surface area contributed by atoms with Crippen LogP contribution in [0, 0.1) is 0 Å². The number of H-pyrrole nitrogens is 1. The predicted molar refractivity (Wildman–Crippen MR) is 68.5 cm³/mol. The Bertz CT molecular complexity index is 731. The molecule has 0 saturated heterocycles. The van der Waals surface area contributed by atoms with Gasteiger partial charge in [0.15, 0.2) is 0 Å². The first-order valence-electron chi connectivity index (χ1n) is 5.51. The number of nitrogens with zero attached hydrogens (tertiary/aromatic N) is 1. The van der Waals surface area contributed by atoms with Crippen molar-refractivity contribution < 1.29 is 9.90 Å². The first-order valence-corrected chi connectivity index (χ1v) is 5.51. The average Bonchev–Trinajstić information content (AvgIpc) is 2.85. The van der Waals surface area contributed by atoms with Crippen LogP contribution in [0.15, 0.2) is 48.8 Å². The van der Waals surface area contributed by atoms with Gasteiger partial charge < -0.3 is 10.1 Å². The minimum Gasteiger partial charge on any atom is -0.478 e. The van der Waals surface area contributed by atoms with Gasteiger partial charge in [-0.2, -0.15) is 0 Å². The van der Waals surface area contributed by atoms with Gasteiger partial charge in [-0.25, -0.2) is 9.78 Å². The fourth-order valence-corrected chi connectivity index (χ4v) is 2.01. The molecule has 2 heterocycles. The fourth-order valence-electron chi connectivity index (χ4n) is 2.01. The zero-order valence-corrected chi connectivity index (χ0v) is 9.42. The molecule has 0 aliphatic carbocycles. The van der Waals surface area contributed by atoms with Crippen molar-refractivity contribution in [2.45, 2.75) is 0 Å². The first kappa shape index (κ1) is 10.5. The van der Waals surface area contributed by atoms with Crippen LogP contribution in [0.5, 0.6) is 0 Å². The number of aromatic nitrogens is 2. The monoisotopic (exact) mass is 238 g/mol. The third-order valence-electron chi connectivity index (χ3n) is 2.87. The van der Waals surface area contributed by atoms with E-state index in [1.165, 1.54) is 0 Å². The van der Waals surface area contributed by atoms with Crippen LogP contribution in [0.4, 0.5) is 0 Å². The van der Waals surface area contributed by atoms with Gasteiger partial charge in [0.25, 0.3) is 0 Å². The molecule has 88 valence electrons. The largest absolute Gasteiger partial charge is 0.478 e.